The Morgan fingerprint density at radius 1 is 1.00 bits per heavy atom. The van der Waals surface area contributed by atoms with E-state index < -0.39 is 11.9 Å². The summed E-state index contributed by atoms with van der Waals surface area (Å²) in [4.78, 5) is 36.0. The van der Waals surface area contributed by atoms with E-state index in [9.17, 15) is 14.4 Å². The van der Waals surface area contributed by atoms with E-state index >= 15 is 0 Å². The minimum atomic E-state index is -0.636. The van der Waals surface area contributed by atoms with Gasteiger partial charge in [0.25, 0.3) is 5.91 Å². The largest absolute Gasteiger partial charge is 0.493 e. The Bertz CT molecular complexity index is 1120. The number of hydrogen-bond acceptors (Lipinski definition) is 8. The lowest BCUT2D eigenvalue weighted by molar-refractivity contribution is -0.142. The molecule has 0 unspecified atom stereocenters. The molecule has 0 radical (unpaired) electrons. The molecule has 1 N–H and O–H groups in total. The minimum absolute atomic E-state index is 0.194. The van der Waals surface area contributed by atoms with Crippen LogP contribution in [0.2, 0.25) is 0 Å². The standard InChI is InChI=1S/C22H21N3O7/c1-25-12-15(11-23-25)21(27)24-16-5-7-17(8-6-16)32-22(28)14-4-9-18(29-2)19(10-14)31-13-20(26)30-3/h4-12H,13H2,1-3H3,(H,24,27). The van der Waals surface area contributed by atoms with Crippen LogP contribution in [0.1, 0.15) is 20.7 Å². The summed E-state index contributed by atoms with van der Waals surface area (Å²) in [7, 11) is 4.40. The number of rotatable bonds is 8. The molecule has 32 heavy (non-hydrogen) atoms. The van der Waals surface area contributed by atoms with Gasteiger partial charge in [-0.15, -0.1) is 0 Å². The number of nitrogens with one attached hydrogen (secondary N) is 1. The number of benzene rings is 2. The van der Waals surface area contributed by atoms with Gasteiger partial charge in [0.15, 0.2) is 18.1 Å². The van der Waals surface area contributed by atoms with Crippen LogP contribution in [0.3, 0.4) is 0 Å². The summed E-state index contributed by atoms with van der Waals surface area (Å²) in [6.45, 7) is -0.336. The fourth-order valence-corrected chi connectivity index (χ4v) is 2.63. The smallest absolute Gasteiger partial charge is 0.343 e. The number of nitrogens with zero attached hydrogens (tertiary/aromatic N) is 2. The van der Waals surface area contributed by atoms with Crippen LogP contribution < -0.4 is 19.5 Å². The number of carbonyl (C=O) groups excluding carboxylic acids is 3. The molecule has 3 aromatic rings. The van der Waals surface area contributed by atoms with Crippen molar-refractivity contribution in [2.75, 3.05) is 26.1 Å². The molecule has 0 saturated heterocycles. The third kappa shape index (κ3) is 5.63. The Hall–Kier alpha value is -4.34. The molecule has 3 rings (SSSR count). The zero-order chi connectivity index (χ0) is 23.1. The second-order valence-electron chi connectivity index (χ2n) is 6.50. The van der Waals surface area contributed by atoms with Crippen molar-refractivity contribution in [2.45, 2.75) is 0 Å². The number of methoxy groups -OCH3 is 2. The molecule has 1 amide bonds. The minimum Gasteiger partial charge on any atom is -0.493 e. The van der Waals surface area contributed by atoms with E-state index in [1.54, 1.807) is 37.5 Å². The summed E-state index contributed by atoms with van der Waals surface area (Å²) in [5.74, 6) is -0.693. The first-order chi connectivity index (χ1) is 15.4. The molecule has 1 aromatic heterocycles. The second kappa shape index (κ2) is 10.1. The van der Waals surface area contributed by atoms with Crippen molar-refractivity contribution >= 4 is 23.5 Å². The van der Waals surface area contributed by atoms with Crippen LogP contribution in [-0.2, 0) is 16.6 Å². The predicted molar refractivity (Wildman–Crippen MR) is 113 cm³/mol. The van der Waals surface area contributed by atoms with Crippen molar-refractivity contribution in [2.24, 2.45) is 7.05 Å². The van der Waals surface area contributed by atoms with Gasteiger partial charge < -0.3 is 24.3 Å². The average molecular weight is 439 g/mol. The topological polar surface area (TPSA) is 118 Å². The molecular weight excluding hydrogens is 418 g/mol. The van der Waals surface area contributed by atoms with E-state index in [2.05, 4.69) is 15.2 Å². The predicted octanol–water partition coefficient (Wildman–Crippen LogP) is 2.45. The van der Waals surface area contributed by atoms with E-state index in [-0.39, 0.29) is 29.6 Å². The fourth-order valence-electron chi connectivity index (χ4n) is 2.63. The number of anilines is 1. The molecule has 0 aliphatic rings. The highest BCUT2D eigenvalue weighted by Gasteiger charge is 2.15. The lowest BCUT2D eigenvalue weighted by Gasteiger charge is -2.11. The molecule has 2 aromatic carbocycles. The first-order valence-electron chi connectivity index (χ1n) is 9.39. The van der Waals surface area contributed by atoms with E-state index in [1.807, 2.05) is 0 Å². The lowest BCUT2D eigenvalue weighted by Crippen LogP contribution is -2.14. The normalized spacial score (nSPS) is 10.2. The molecule has 10 nitrogen and oxygen atoms in total. The number of aromatic nitrogens is 2. The van der Waals surface area contributed by atoms with Gasteiger partial charge in [0.05, 0.1) is 31.5 Å². The Kier molecular flexibility index (Phi) is 7.06. The van der Waals surface area contributed by atoms with E-state index in [4.69, 9.17) is 14.2 Å². The Balaban J connectivity index is 1.65. The number of carbonyl (C=O) groups is 3. The third-order valence-corrected chi connectivity index (χ3v) is 4.26. The molecule has 0 aliphatic carbocycles. The van der Waals surface area contributed by atoms with Crippen molar-refractivity contribution in [1.29, 1.82) is 0 Å². The molecule has 10 heteroatoms. The monoisotopic (exact) mass is 439 g/mol. The zero-order valence-corrected chi connectivity index (χ0v) is 17.7. The number of ether oxygens (including phenoxy) is 4. The summed E-state index contributed by atoms with van der Waals surface area (Å²) >= 11 is 0. The van der Waals surface area contributed by atoms with Crippen LogP contribution in [-0.4, -0.2) is 48.5 Å². The summed E-state index contributed by atoms with van der Waals surface area (Å²) in [5, 5.41) is 6.69. The quantitative estimate of drug-likeness (QED) is 0.420. The maximum Gasteiger partial charge on any atom is 0.343 e. The molecule has 0 atom stereocenters. The molecular formula is C22H21N3O7. The van der Waals surface area contributed by atoms with Gasteiger partial charge >= 0.3 is 11.9 Å². The molecule has 166 valence electrons. The van der Waals surface area contributed by atoms with Gasteiger partial charge in [0, 0.05) is 18.9 Å². The van der Waals surface area contributed by atoms with Gasteiger partial charge in [0.2, 0.25) is 0 Å². The van der Waals surface area contributed by atoms with E-state index in [0.29, 0.717) is 17.0 Å². The summed E-state index contributed by atoms with van der Waals surface area (Å²) in [6, 6.07) is 10.8. The molecule has 0 aliphatic heterocycles. The van der Waals surface area contributed by atoms with Crippen molar-refractivity contribution in [3.05, 3.63) is 66.0 Å². The molecule has 0 spiro atoms. The van der Waals surface area contributed by atoms with Gasteiger partial charge in [-0.05, 0) is 42.5 Å². The van der Waals surface area contributed by atoms with Gasteiger partial charge in [0.1, 0.15) is 5.75 Å². The van der Waals surface area contributed by atoms with Crippen LogP contribution in [0, 0.1) is 0 Å². The van der Waals surface area contributed by atoms with Crippen molar-refractivity contribution in [3.63, 3.8) is 0 Å². The summed E-state index contributed by atoms with van der Waals surface area (Å²) < 4.78 is 22.0. The van der Waals surface area contributed by atoms with Crippen LogP contribution >= 0.6 is 0 Å². The molecule has 0 fully saturated rings. The van der Waals surface area contributed by atoms with Gasteiger partial charge in [-0.2, -0.15) is 5.10 Å². The summed E-state index contributed by atoms with van der Waals surface area (Å²) in [6.07, 6.45) is 3.06. The average Bonchev–Trinajstić information content (AvgIpc) is 3.24. The number of aryl methyl sites for hydroxylation is 1. The Labute approximate surface area is 183 Å². The highest BCUT2D eigenvalue weighted by Crippen LogP contribution is 2.29. The molecule has 0 saturated carbocycles. The van der Waals surface area contributed by atoms with Crippen molar-refractivity contribution in [1.82, 2.24) is 9.78 Å². The first-order valence-corrected chi connectivity index (χ1v) is 9.39. The highest BCUT2D eigenvalue weighted by molar-refractivity contribution is 6.04. The highest BCUT2D eigenvalue weighted by atomic mass is 16.6. The Morgan fingerprint density at radius 2 is 1.75 bits per heavy atom. The number of esters is 2. The number of amides is 1. The molecule has 1 heterocycles. The van der Waals surface area contributed by atoms with Crippen LogP contribution in [0.15, 0.2) is 54.9 Å². The fraction of sp³-hybridized carbons (Fsp3) is 0.182. The maximum absolute atomic E-state index is 12.5. The lowest BCUT2D eigenvalue weighted by atomic mass is 10.2. The number of hydrogen-bond donors (Lipinski definition) is 1. The van der Waals surface area contributed by atoms with Crippen LogP contribution in [0.5, 0.6) is 17.2 Å². The van der Waals surface area contributed by atoms with Crippen LogP contribution in [0.4, 0.5) is 5.69 Å². The van der Waals surface area contributed by atoms with E-state index in [1.165, 1.54) is 43.3 Å². The second-order valence-corrected chi connectivity index (χ2v) is 6.50. The molecule has 0 bridgehead atoms. The zero-order valence-electron chi connectivity index (χ0n) is 17.7. The summed E-state index contributed by atoms with van der Waals surface area (Å²) in [5.41, 5.74) is 1.15. The van der Waals surface area contributed by atoms with Crippen molar-refractivity contribution < 1.29 is 33.3 Å². The van der Waals surface area contributed by atoms with Gasteiger partial charge in [-0.1, -0.05) is 0 Å². The maximum atomic E-state index is 12.5. The van der Waals surface area contributed by atoms with Gasteiger partial charge in [-0.3, -0.25) is 9.48 Å². The van der Waals surface area contributed by atoms with E-state index in [0.717, 1.165) is 0 Å². The van der Waals surface area contributed by atoms with Gasteiger partial charge in [-0.25, -0.2) is 9.59 Å². The Morgan fingerprint density at radius 3 is 2.38 bits per heavy atom. The first kappa shape index (κ1) is 22.3. The van der Waals surface area contributed by atoms with Crippen molar-refractivity contribution in [3.8, 4) is 17.2 Å². The SMILES string of the molecule is COC(=O)COc1cc(C(=O)Oc2ccc(NC(=O)c3cnn(C)c3)cc2)ccc1OC. The third-order valence-electron chi connectivity index (χ3n) is 4.26. The van der Waals surface area contributed by atoms with Crippen LogP contribution in [0.25, 0.3) is 0 Å².